The van der Waals surface area contributed by atoms with E-state index in [1.807, 2.05) is 0 Å². The summed E-state index contributed by atoms with van der Waals surface area (Å²) >= 11 is 0. The van der Waals surface area contributed by atoms with E-state index in [9.17, 15) is 0 Å². The van der Waals surface area contributed by atoms with Crippen LogP contribution in [0.25, 0.3) is 89.0 Å². The van der Waals surface area contributed by atoms with Crippen molar-refractivity contribution < 1.29 is 0 Å². The van der Waals surface area contributed by atoms with Crippen LogP contribution < -0.4 is 9.80 Å². The van der Waals surface area contributed by atoms with E-state index in [0.29, 0.717) is 0 Å². The number of hydrogen-bond acceptors (Lipinski definition) is 2. The Morgan fingerprint density at radius 1 is 0.151 bits per heavy atom. The zero-order valence-corrected chi connectivity index (χ0v) is 58.5. The van der Waals surface area contributed by atoms with E-state index in [4.69, 9.17) is 0 Å². The third kappa shape index (κ3) is 10.7. The summed E-state index contributed by atoms with van der Waals surface area (Å²) in [5.41, 5.74) is 33.6. The molecule has 0 aromatic heterocycles. The molecule has 19 rings (SSSR count). The first-order chi connectivity index (χ1) is 52.6. The quantitative estimate of drug-likeness (QED) is 0.0951. The molecule has 1 unspecified atom stereocenters. The molecule has 498 valence electrons. The topological polar surface area (TPSA) is 6.48 Å². The predicted octanol–water partition coefficient (Wildman–Crippen LogP) is 27.4. The molecule has 106 heavy (non-hydrogen) atoms. The van der Waals surface area contributed by atoms with Gasteiger partial charge in [0.1, 0.15) is 0 Å². The van der Waals surface area contributed by atoms with Gasteiger partial charge in [-0.3, -0.25) is 0 Å². The minimum Gasteiger partial charge on any atom is -0.310 e. The van der Waals surface area contributed by atoms with Crippen LogP contribution in [0.5, 0.6) is 0 Å². The van der Waals surface area contributed by atoms with Gasteiger partial charge in [0.05, 0.1) is 27.9 Å². The molecule has 2 aliphatic rings. The monoisotopic (exact) mass is 1350 g/mol. The van der Waals surface area contributed by atoms with Gasteiger partial charge in [0.15, 0.2) is 0 Å². The fourth-order valence-corrected chi connectivity index (χ4v) is 17.4. The smallest absolute Gasteiger partial charge is 0.0714 e. The van der Waals surface area contributed by atoms with Gasteiger partial charge in [0, 0.05) is 33.8 Å². The van der Waals surface area contributed by atoms with Crippen LogP contribution in [-0.2, 0) is 10.8 Å². The number of benzene rings is 17. The van der Waals surface area contributed by atoms with Crippen LogP contribution in [0.15, 0.2) is 437 Å². The molecule has 17 aromatic carbocycles. The van der Waals surface area contributed by atoms with Gasteiger partial charge in [-0.15, -0.1) is 0 Å². The Kier molecular flexibility index (Phi) is 16.1. The molecule has 0 amide bonds. The second kappa shape index (κ2) is 26.9. The maximum atomic E-state index is 2.52. The maximum absolute atomic E-state index is 2.52. The lowest BCUT2D eigenvalue weighted by Gasteiger charge is -2.35. The lowest BCUT2D eigenvalue weighted by Crippen LogP contribution is -2.28. The summed E-state index contributed by atoms with van der Waals surface area (Å²) in [6, 6.07) is 162. The molecule has 2 aliphatic carbocycles. The van der Waals surface area contributed by atoms with Crippen molar-refractivity contribution in [1.82, 2.24) is 0 Å². The molecule has 0 spiro atoms. The van der Waals surface area contributed by atoms with Crippen LogP contribution in [0.4, 0.5) is 34.1 Å². The largest absolute Gasteiger partial charge is 0.310 e. The highest BCUT2D eigenvalue weighted by molar-refractivity contribution is 6.02. The Morgan fingerprint density at radius 2 is 0.472 bits per heavy atom. The molecule has 0 aliphatic heterocycles. The highest BCUT2D eigenvalue weighted by Crippen LogP contribution is 2.62. The summed E-state index contributed by atoms with van der Waals surface area (Å²) < 4.78 is 0. The lowest BCUT2D eigenvalue weighted by atomic mass is 9.67. The molecule has 2 nitrogen and oxygen atoms in total. The third-order valence-corrected chi connectivity index (χ3v) is 22.0. The molecule has 0 fully saturated rings. The Bertz CT molecular complexity index is 6000. The summed E-state index contributed by atoms with van der Waals surface area (Å²) in [4.78, 5) is 5.02. The Morgan fingerprint density at radius 3 is 1.00 bits per heavy atom. The van der Waals surface area contributed by atoms with Crippen LogP contribution in [-0.4, -0.2) is 0 Å². The molecular weight excluding hydrogens is 1280 g/mol. The number of hydrogen-bond donors (Lipinski definition) is 0. The number of para-hydroxylation sites is 1. The Balaban J connectivity index is 0.780. The highest BCUT2D eigenvalue weighted by atomic mass is 15.2. The van der Waals surface area contributed by atoms with E-state index in [2.05, 4.69) is 447 Å². The summed E-state index contributed by atoms with van der Waals surface area (Å²) in [5.74, 6) is 0. The van der Waals surface area contributed by atoms with E-state index in [1.54, 1.807) is 0 Å². The molecule has 0 saturated carbocycles. The maximum Gasteiger partial charge on any atom is 0.0714 e. The van der Waals surface area contributed by atoms with Crippen LogP contribution in [0.2, 0.25) is 0 Å². The normalized spacial score (nSPS) is 13.6. The van der Waals surface area contributed by atoms with Gasteiger partial charge in [0.2, 0.25) is 0 Å². The van der Waals surface area contributed by atoms with Crippen LogP contribution in [0, 0.1) is 0 Å². The van der Waals surface area contributed by atoms with Gasteiger partial charge < -0.3 is 9.80 Å². The van der Waals surface area contributed by atoms with E-state index in [0.717, 1.165) is 89.8 Å². The molecule has 0 radical (unpaired) electrons. The summed E-state index contributed by atoms with van der Waals surface area (Å²) in [6.07, 6.45) is 0. The molecule has 0 saturated heterocycles. The zero-order valence-electron chi connectivity index (χ0n) is 58.5. The van der Waals surface area contributed by atoms with Gasteiger partial charge in [-0.05, 0) is 196 Å². The number of nitrogens with zero attached hydrogens (tertiary/aromatic N) is 2. The molecule has 0 N–H and O–H groups in total. The molecule has 17 aromatic rings. The van der Waals surface area contributed by atoms with Gasteiger partial charge in [-0.25, -0.2) is 0 Å². The van der Waals surface area contributed by atoms with Gasteiger partial charge in [-0.1, -0.05) is 358 Å². The van der Waals surface area contributed by atoms with E-state index in [-0.39, 0.29) is 0 Å². The second-order valence-corrected chi connectivity index (χ2v) is 27.8. The van der Waals surface area contributed by atoms with E-state index >= 15 is 0 Å². The van der Waals surface area contributed by atoms with Crippen molar-refractivity contribution in [2.75, 3.05) is 9.80 Å². The van der Waals surface area contributed by atoms with Gasteiger partial charge >= 0.3 is 0 Å². The highest BCUT2D eigenvalue weighted by Gasteiger charge is 2.49. The fourth-order valence-electron chi connectivity index (χ4n) is 17.4. The molecule has 2 heteroatoms. The Labute approximate surface area is 621 Å². The lowest BCUT2D eigenvalue weighted by molar-refractivity contribution is 0.768. The standard InChI is InChI=1S/C104H72N2/c1-9-33-73(34-10-1)76-61-64-89(65-62-76)106(98-66-63-81(74-35-11-2-12-36-74)72-93(98)77-39-15-4-16-40-77)100-60-32-58-97-102(100)92-54-26-28-56-95(92)104(97,86-48-21-7-22-49-86)87-50-30-43-80(69-87)78-41-29-42-79(67-78)83-68-82(75-37-13-3-14-38-75)70-90(71-83)105(88-51-23-8-24-52-88)99-59-31-57-96-101(99)91-53-25-27-55-94(91)103(96,84-44-17-5-18-45-84)85-46-19-6-20-47-85/h1-72H. The predicted molar refractivity (Wildman–Crippen MR) is 443 cm³/mol. The number of fused-ring (bicyclic) bond motifs is 6. The van der Waals surface area contributed by atoms with Crippen LogP contribution >= 0.6 is 0 Å². The molecule has 1 atom stereocenters. The average molecular weight is 1350 g/mol. The molecule has 0 heterocycles. The number of rotatable bonds is 16. The van der Waals surface area contributed by atoms with Crippen molar-refractivity contribution >= 4 is 34.1 Å². The third-order valence-electron chi connectivity index (χ3n) is 22.0. The first-order valence-corrected chi connectivity index (χ1v) is 36.7. The minimum atomic E-state index is -0.737. The van der Waals surface area contributed by atoms with Crippen molar-refractivity contribution in [2.45, 2.75) is 10.8 Å². The Hall–Kier alpha value is -13.7. The SMILES string of the molecule is c1ccc(-c2ccc(N(c3ccc(-c4ccccc4)cc3-c3ccccc3)c3cccc4c3-c3ccccc3C4(c3ccccc3)c3cccc(-c4cccc(-c5cc(-c6ccccc6)cc(N(c6ccccc6)c6cccc7c6-c6ccccc6C7(c6ccccc6)c6ccccc6)c5)c4)c3)cc2)cc1. The van der Waals surface area contributed by atoms with E-state index in [1.165, 1.54) is 77.9 Å². The molecule has 0 bridgehead atoms. The summed E-state index contributed by atoms with van der Waals surface area (Å²) in [5, 5.41) is 0. The van der Waals surface area contributed by atoms with Crippen LogP contribution in [0.1, 0.15) is 44.5 Å². The van der Waals surface area contributed by atoms with Crippen molar-refractivity contribution in [3.8, 4) is 89.0 Å². The van der Waals surface area contributed by atoms with Crippen molar-refractivity contribution in [1.29, 1.82) is 0 Å². The minimum absolute atomic E-state index is 0.572. The average Bonchev–Trinajstić information content (AvgIpc) is 1.54. The first kappa shape index (κ1) is 63.3. The summed E-state index contributed by atoms with van der Waals surface area (Å²) in [6.45, 7) is 0. The summed E-state index contributed by atoms with van der Waals surface area (Å²) in [7, 11) is 0. The van der Waals surface area contributed by atoms with Crippen molar-refractivity contribution in [3.05, 3.63) is 481 Å². The van der Waals surface area contributed by atoms with Crippen molar-refractivity contribution in [2.24, 2.45) is 0 Å². The fraction of sp³-hybridized carbons (Fsp3) is 0.0192. The van der Waals surface area contributed by atoms with Crippen LogP contribution in [0.3, 0.4) is 0 Å². The molecular formula is C104H72N2. The van der Waals surface area contributed by atoms with E-state index < -0.39 is 10.8 Å². The van der Waals surface area contributed by atoms with Gasteiger partial charge in [0.25, 0.3) is 0 Å². The number of anilines is 6. The second-order valence-electron chi connectivity index (χ2n) is 27.8. The van der Waals surface area contributed by atoms with Gasteiger partial charge in [-0.2, -0.15) is 0 Å². The first-order valence-electron chi connectivity index (χ1n) is 36.7. The van der Waals surface area contributed by atoms with Crippen molar-refractivity contribution in [3.63, 3.8) is 0 Å². The zero-order chi connectivity index (χ0) is 70.4.